The van der Waals surface area contributed by atoms with Crippen LogP contribution >= 0.6 is 0 Å². The molecule has 1 atom stereocenters. The zero-order chi connectivity index (χ0) is 13.1. The fourth-order valence-electron chi connectivity index (χ4n) is 1.81. The zero-order valence-corrected chi connectivity index (χ0v) is 10.6. The van der Waals surface area contributed by atoms with Gasteiger partial charge in [0.25, 0.3) is 0 Å². The average Bonchev–Trinajstić information content (AvgIpc) is 2.15. The number of carboxylic acid groups (broad SMARTS) is 1. The van der Waals surface area contributed by atoms with Gasteiger partial charge in [-0.15, -0.1) is 0 Å². The van der Waals surface area contributed by atoms with Crippen LogP contribution in [0.3, 0.4) is 0 Å². The molecule has 1 aliphatic heterocycles. The summed E-state index contributed by atoms with van der Waals surface area (Å²) >= 11 is 0. The van der Waals surface area contributed by atoms with E-state index in [1.807, 2.05) is 4.90 Å². The molecule has 7 nitrogen and oxygen atoms in total. The molecule has 0 aromatic carbocycles. The molecule has 1 saturated heterocycles. The number of hydrogen-bond donors (Lipinski definition) is 2. The van der Waals surface area contributed by atoms with Gasteiger partial charge < -0.3 is 10.2 Å². The molecular weight excluding hydrogens is 248 g/mol. The van der Waals surface area contributed by atoms with Gasteiger partial charge in [0.2, 0.25) is 10.0 Å². The van der Waals surface area contributed by atoms with E-state index in [2.05, 4.69) is 0 Å². The second-order valence-corrected chi connectivity index (χ2v) is 6.20. The first-order chi connectivity index (χ1) is 7.79. The number of rotatable bonds is 5. The molecule has 0 radical (unpaired) electrons. The maximum Gasteiger partial charge on any atom is 0.306 e. The second-order valence-electron chi connectivity index (χ2n) is 4.21. The molecule has 0 amide bonds. The molecule has 0 saturated carbocycles. The third-order valence-electron chi connectivity index (χ3n) is 2.68. The number of carbonyl (C=O) groups is 1. The van der Waals surface area contributed by atoms with Crippen LogP contribution in [-0.4, -0.2) is 78.9 Å². The van der Waals surface area contributed by atoms with Crippen molar-refractivity contribution in [2.75, 3.05) is 39.0 Å². The van der Waals surface area contributed by atoms with E-state index in [1.165, 1.54) is 10.6 Å². The zero-order valence-electron chi connectivity index (χ0n) is 9.74. The minimum absolute atomic E-state index is 0.268. The van der Waals surface area contributed by atoms with Crippen molar-refractivity contribution in [2.45, 2.75) is 12.5 Å². The maximum atomic E-state index is 11.2. The molecule has 1 unspecified atom stereocenters. The highest BCUT2D eigenvalue weighted by molar-refractivity contribution is 7.88. The van der Waals surface area contributed by atoms with E-state index < -0.39 is 22.1 Å². The topological polar surface area (TPSA) is 98.2 Å². The van der Waals surface area contributed by atoms with Crippen LogP contribution in [0.5, 0.6) is 0 Å². The van der Waals surface area contributed by atoms with Crippen molar-refractivity contribution in [2.24, 2.45) is 0 Å². The first-order valence-corrected chi connectivity index (χ1v) is 7.21. The summed E-state index contributed by atoms with van der Waals surface area (Å²) < 4.78 is 23.9. The number of carboxylic acids is 1. The summed E-state index contributed by atoms with van der Waals surface area (Å²) in [4.78, 5) is 12.2. The van der Waals surface area contributed by atoms with Gasteiger partial charge in [0.15, 0.2) is 0 Å². The summed E-state index contributed by atoms with van der Waals surface area (Å²) in [6, 6.07) is 0. The van der Waals surface area contributed by atoms with Crippen molar-refractivity contribution in [3.8, 4) is 0 Å². The van der Waals surface area contributed by atoms with Gasteiger partial charge in [-0.2, -0.15) is 4.31 Å². The molecule has 1 aliphatic rings. The van der Waals surface area contributed by atoms with Gasteiger partial charge in [0, 0.05) is 32.7 Å². The molecule has 2 N–H and O–H groups in total. The lowest BCUT2D eigenvalue weighted by Crippen LogP contribution is -2.50. The van der Waals surface area contributed by atoms with Crippen molar-refractivity contribution in [3.63, 3.8) is 0 Å². The minimum Gasteiger partial charge on any atom is -0.481 e. The monoisotopic (exact) mass is 266 g/mol. The lowest BCUT2D eigenvalue weighted by molar-refractivity contribution is -0.139. The molecule has 100 valence electrons. The smallest absolute Gasteiger partial charge is 0.306 e. The fourth-order valence-corrected chi connectivity index (χ4v) is 2.63. The first-order valence-electron chi connectivity index (χ1n) is 5.36. The molecule has 1 rings (SSSR count). The van der Waals surface area contributed by atoms with Crippen molar-refractivity contribution < 1.29 is 23.4 Å². The third-order valence-corrected chi connectivity index (χ3v) is 3.98. The Bertz CT molecular complexity index is 362. The molecule has 17 heavy (non-hydrogen) atoms. The van der Waals surface area contributed by atoms with Crippen LogP contribution in [0.2, 0.25) is 0 Å². The van der Waals surface area contributed by atoms with Gasteiger partial charge in [0.05, 0.1) is 18.8 Å². The highest BCUT2D eigenvalue weighted by Crippen LogP contribution is 2.07. The van der Waals surface area contributed by atoms with Crippen molar-refractivity contribution in [1.29, 1.82) is 0 Å². The lowest BCUT2D eigenvalue weighted by atomic mass is 10.2. The van der Waals surface area contributed by atoms with Crippen LogP contribution in [0.4, 0.5) is 0 Å². The maximum absolute atomic E-state index is 11.2. The SMILES string of the molecule is CS(=O)(=O)N1CCN(CC(O)CC(=O)O)CC1. The largest absolute Gasteiger partial charge is 0.481 e. The molecule has 0 aromatic rings. The summed E-state index contributed by atoms with van der Waals surface area (Å²) in [7, 11) is -3.15. The number of hydrogen-bond acceptors (Lipinski definition) is 5. The first kappa shape index (κ1) is 14.4. The Balaban J connectivity index is 2.35. The van der Waals surface area contributed by atoms with Crippen molar-refractivity contribution in [3.05, 3.63) is 0 Å². The highest BCUT2D eigenvalue weighted by atomic mass is 32.2. The van der Waals surface area contributed by atoms with E-state index in [0.717, 1.165) is 0 Å². The Hall–Kier alpha value is -0.700. The van der Waals surface area contributed by atoms with E-state index in [-0.39, 0.29) is 13.0 Å². The Labute approximate surface area is 101 Å². The molecule has 1 heterocycles. The molecule has 8 heteroatoms. The number of piperazine rings is 1. The summed E-state index contributed by atoms with van der Waals surface area (Å²) in [5.41, 5.74) is 0. The number of β-amino-alcohol motifs (C(OH)–C–C–N with tert-alkyl or cyclic N) is 1. The molecule has 0 bridgehead atoms. The summed E-state index contributed by atoms with van der Waals surface area (Å²) in [5, 5.41) is 17.9. The van der Waals surface area contributed by atoms with Crippen LogP contribution in [0.25, 0.3) is 0 Å². The van der Waals surface area contributed by atoms with Crippen LogP contribution < -0.4 is 0 Å². The Kier molecular flexibility index (Phi) is 4.87. The third kappa shape index (κ3) is 4.99. The van der Waals surface area contributed by atoms with Gasteiger partial charge >= 0.3 is 5.97 Å². The molecular formula is C9H18N2O5S. The van der Waals surface area contributed by atoms with E-state index >= 15 is 0 Å². The van der Waals surface area contributed by atoms with Crippen molar-refractivity contribution in [1.82, 2.24) is 9.21 Å². The van der Waals surface area contributed by atoms with Gasteiger partial charge in [0.1, 0.15) is 0 Å². The highest BCUT2D eigenvalue weighted by Gasteiger charge is 2.24. The molecule has 0 aliphatic carbocycles. The van der Waals surface area contributed by atoms with Gasteiger partial charge in [-0.25, -0.2) is 8.42 Å². The van der Waals surface area contributed by atoms with Crippen molar-refractivity contribution >= 4 is 16.0 Å². The predicted octanol–water partition coefficient (Wildman–Crippen LogP) is -1.60. The second kappa shape index (κ2) is 5.76. The lowest BCUT2D eigenvalue weighted by Gasteiger charge is -2.34. The van der Waals surface area contributed by atoms with Crippen LogP contribution in [0, 0.1) is 0 Å². The fraction of sp³-hybridized carbons (Fsp3) is 0.889. The van der Waals surface area contributed by atoms with E-state index in [1.54, 1.807) is 0 Å². The number of aliphatic carboxylic acids is 1. The van der Waals surface area contributed by atoms with E-state index in [9.17, 15) is 18.3 Å². The Morgan fingerprint density at radius 1 is 1.29 bits per heavy atom. The minimum atomic E-state index is -3.15. The normalized spacial score (nSPS) is 21.3. The van der Waals surface area contributed by atoms with Gasteiger partial charge in [-0.1, -0.05) is 0 Å². The average molecular weight is 266 g/mol. The standard InChI is InChI=1S/C9H18N2O5S/c1-17(15,16)11-4-2-10(3-5-11)7-8(12)6-9(13)14/h8,12H,2-7H2,1H3,(H,13,14). The van der Waals surface area contributed by atoms with Gasteiger partial charge in [-0.3, -0.25) is 9.69 Å². The van der Waals surface area contributed by atoms with Gasteiger partial charge in [-0.05, 0) is 0 Å². The number of sulfonamides is 1. The summed E-state index contributed by atoms with van der Waals surface area (Å²) in [5.74, 6) is -1.03. The molecule has 0 aromatic heterocycles. The number of aliphatic hydroxyl groups excluding tert-OH is 1. The van der Waals surface area contributed by atoms with Crippen LogP contribution in [0.1, 0.15) is 6.42 Å². The van der Waals surface area contributed by atoms with E-state index in [4.69, 9.17) is 5.11 Å². The summed E-state index contributed by atoms with van der Waals surface area (Å²) in [6.45, 7) is 2.08. The van der Waals surface area contributed by atoms with E-state index in [0.29, 0.717) is 26.2 Å². The Morgan fingerprint density at radius 2 is 1.82 bits per heavy atom. The van der Waals surface area contributed by atoms with Crippen LogP contribution in [-0.2, 0) is 14.8 Å². The Morgan fingerprint density at radius 3 is 2.24 bits per heavy atom. The summed E-state index contributed by atoms with van der Waals surface area (Å²) in [6.07, 6.45) is -0.0221. The number of nitrogens with zero attached hydrogens (tertiary/aromatic N) is 2. The quantitative estimate of drug-likeness (QED) is 0.622. The molecule has 1 fully saturated rings. The number of aliphatic hydroxyl groups is 1. The van der Waals surface area contributed by atoms with Crippen LogP contribution in [0.15, 0.2) is 0 Å². The predicted molar refractivity (Wildman–Crippen MR) is 61.1 cm³/mol. The molecule has 0 spiro atoms.